The summed E-state index contributed by atoms with van der Waals surface area (Å²) in [6, 6.07) is 1.74. The Bertz CT molecular complexity index is 419. The highest BCUT2D eigenvalue weighted by atomic mass is 16.3. The number of hydrogen-bond donors (Lipinski definition) is 2. The molecular weight excluding hydrogens is 230 g/mol. The second-order valence-electron chi connectivity index (χ2n) is 5.73. The number of furan rings is 1. The Labute approximate surface area is 108 Å². The van der Waals surface area contributed by atoms with Crippen LogP contribution in [0.4, 0.5) is 0 Å². The Balaban J connectivity index is 2.59. The number of carbonyl (C=O) groups excluding carboxylic acids is 1. The summed E-state index contributed by atoms with van der Waals surface area (Å²) >= 11 is 0. The van der Waals surface area contributed by atoms with Gasteiger partial charge in [-0.15, -0.1) is 0 Å². The molecule has 1 atom stereocenters. The zero-order valence-electron chi connectivity index (χ0n) is 11.8. The van der Waals surface area contributed by atoms with Crippen molar-refractivity contribution in [3.8, 4) is 0 Å². The maximum atomic E-state index is 12.0. The number of rotatable bonds is 5. The van der Waals surface area contributed by atoms with Crippen molar-refractivity contribution >= 4 is 5.91 Å². The van der Waals surface area contributed by atoms with Gasteiger partial charge in [0.25, 0.3) is 5.91 Å². The van der Waals surface area contributed by atoms with Crippen molar-refractivity contribution < 1.29 is 14.3 Å². The van der Waals surface area contributed by atoms with Crippen LogP contribution in [-0.2, 0) is 0 Å². The number of aryl methyl sites for hydroxylation is 2. The summed E-state index contributed by atoms with van der Waals surface area (Å²) in [6.07, 6.45) is 0.284. The van der Waals surface area contributed by atoms with Crippen LogP contribution in [-0.4, -0.2) is 23.7 Å². The van der Waals surface area contributed by atoms with E-state index in [9.17, 15) is 9.90 Å². The van der Waals surface area contributed by atoms with Gasteiger partial charge in [-0.3, -0.25) is 4.79 Å². The molecule has 0 aliphatic heterocycles. The van der Waals surface area contributed by atoms with Crippen molar-refractivity contribution in [2.75, 3.05) is 6.54 Å². The van der Waals surface area contributed by atoms with E-state index in [0.29, 0.717) is 24.3 Å². The van der Waals surface area contributed by atoms with E-state index >= 15 is 0 Å². The van der Waals surface area contributed by atoms with Crippen molar-refractivity contribution in [1.29, 1.82) is 0 Å². The number of aliphatic hydroxyl groups is 1. The van der Waals surface area contributed by atoms with Gasteiger partial charge in [-0.2, -0.15) is 0 Å². The highest BCUT2D eigenvalue weighted by molar-refractivity contribution is 5.95. The lowest BCUT2D eigenvalue weighted by Crippen LogP contribution is -2.35. The minimum Gasteiger partial charge on any atom is -0.466 e. The first-order chi connectivity index (χ1) is 8.21. The van der Waals surface area contributed by atoms with Crippen LogP contribution >= 0.6 is 0 Å². The molecule has 18 heavy (non-hydrogen) atoms. The molecule has 0 spiro atoms. The Morgan fingerprint density at radius 1 is 1.50 bits per heavy atom. The highest BCUT2D eigenvalue weighted by Gasteiger charge is 2.22. The summed E-state index contributed by atoms with van der Waals surface area (Å²) in [5.74, 6) is 1.25. The van der Waals surface area contributed by atoms with Crippen molar-refractivity contribution in [3.05, 3.63) is 23.2 Å². The van der Waals surface area contributed by atoms with Crippen LogP contribution in [0.25, 0.3) is 0 Å². The standard InChI is InChI=1S/C14H23NO3/c1-9(16)7-14(4,5)8-15-13(17)12-6-10(2)18-11(12)3/h6,9,16H,7-8H2,1-5H3,(H,15,17). The van der Waals surface area contributed by atoms with E-state index in [-0.39, 0.29) is 17.4 Å². The summed E-state index contributed by atoms with van der Waals surface area (Å²) in [4.78, 5) is 12.0. The third kappa shape index (κ3) is 4.18. The fourth-order valence-electron chi connectivity index (χ4n) is 2.14. The van der Waals surface area contributed by atoms with E-state index in [1.165, 1.54) is 0 Å². The fourth-order valence-corrected chi connectivity index (χ4v) is 2.14. The predicted molar refractivity (Wildman–Crippen MR) is 70.6 cm³/mol. The summed E-state index contributed by atoms with van der Waals surface area (Å²) in [6.45, 7) is 9.93. The Hall–Kier alpha value is -1.29. The van der Waals surface area contributed by atoms with Crippen molar-refractivity contribution in [3.63, 3.8) is 0 Å². The van der Waals surface area contributed by atoms with Crippen molar-refractivity contribution in [1.82, 2.24) is 5.32 Å². The van der Waals surface area contributed by atoms with Gasteiger partial charge in [0.15, 0.2) is 0 Å². The van der Waals surface area contributed by atoms with E-state index in [0.717, 1.165) is 5.76 Å². The summed E-state index contributed by atoms with van der Waals surface area (Å²) in [5.41, 5.74) is 0.455. The topological polar surface area (TPSA) is 62.5 Å². The van der Waals surface area contributed by atoms with E-state index in [2.05, 4.69) is 5.32 Å². The Morgan fingerprint density at radius 2 is 2.11 bits per heavy atom. The molecule has 0 saturated heterocycles. The summed E-state index contributed by atoms with van der Waals surface area (Å²) < 4.78 is 5.33. The monoisotopic (exact) mass is 253 g/mol. The van der Waals surface area contributed by atoms with Gasteiger partial charge in [-0.1, -0.05) is 13.8 Å². The zero-order valence-corrected chi connectivity index (χ0v) is 11.8. The number of nitrogens with one attached hydrogen (secondary N) is 1. The molecule has 4 nitrogen and oxygen atoms in total. The molecule has 0 aromatic carbocycles. The minimum atomic E-state index is -0.366. The quantitative estimate of drug-likeness (QED) is 0.847. The molecule has 1 aromatic heterocycles. The number of amides is 1. The third-order valence-electron chi connectivity index (χ3n) is 2.86. The molecule has 102 valence electrons. The molecule has 1 rings (SSSR count). The van der Waals surface area contributed by atoms with Gasteiger partial charge in [0.2, 0.25) is 0 Å². The maximum absolute atomic E-state index is 12.0. The van der Waals surface area contributed by atoms with Crippen LogP contribution in [0, 0.1) is 19.3 Å². The number of carbonyl (C=O) groups is 1. The third-order valence-corrected chi connectivity index (χ3v) is 2.86. The van der Waals surface area contributed by atoms with E-state index in [1.807, 2.05) is 20.8 Å². The zero-order chi connectivity index (χ0) is 13.9. The summed E-state index contributed by atoms with van der Waals surface area (Å²) in [7, 11) is 0. The predicted octanol–water partition coefficient (Wildman–Crippen LogP) is 2.42. The SMILES string of the molecule is Cc1cc(C(=O)NCC(C)(C)CC(C)O)c(C)o1. The summed E-state index contributed by atoms with van der Waals surface area (Å²) in [5, 5.41) is 12.3. The van der Waals surface area contributed by atoms with E-state index in [1.54, 1.807) is 19.9 Å². The van der Waals surface area contributed by atoms with Crippen LogP contribution < -0.4 is 5.32 Å². The number of aliphatic hydroxyl groups excluding tert-OH is 1. The first kappa shape index (κ1) is 14.8. The molecule has 1 amide bonds. The first-order valence-corrected chi connectivity index (χ1v) is 6.24. The fraction of sp³-hybridized carbons (Fsp3) is 0.643. The molecule has 1 heterocycles. The van der Waals surface area contributed by atoms with Gasteiger partial charge in [-0.25, -0.2) is 0 Å². The van der Waals surface area contributed by atoms with Crippen LogP contribution in [0.5, 0.6) is 0 Å². The van der Waals surface area contributed by atoms with Crippen LogP contribution in [0.2, 0.25) is 0 Å². The molecule has 0 radical (unpaired) electrons. The van der Waals surface area contributed by atoms with Gasteiger partial charge in [0.1, 0.15) is 11.5 Å². The lowest BCUT2D eigenvalue weighted by Gasteiger charge is -2.26. The lowest BCUT2D eigenvalue weighted by atomic mass is 9.87. The minimum absolute atomic E-state index is 0.122. The maximum Gasteiger partial charge on any atom is 0.254 e. The molecule has 0 saturated carbocycles. The molecule has 1 unspecified atom stereocenters. The molecule has 0 aliphatic carbocycles. The molecule has 0 fully saturated rings. The first-order valence-electron chi connectivity index (χ1n) is 6.24. The second kappa shape index (κ2) is 5.57. The van der Waals surface area contributed by atoms with Gasteiger partial charge >= 0.3 is 0 Å². The normalized spacial score (nSPS) is 13.4. The largest absolute Gasteiger partial charge is 0.466 e. The molecule has 1 aromatic rings. The van der Waals surface area contributed by atoms with Crippen molar-refractivity contribution in [2.45, 2.75) is 47.1 Å². The molecule has 4 heteroatoms. The molecular formula is C14H23NO3. The van der Waals surface area contributed by atoms with E-state index in [4.69, 9.17) is 4.42 Å². The average molecular weight is 253 g/mol. The molecule has 0 aliphatic rings. The highest BCUT2D eigenvalue weighted by Crippen LogP contribution is 2.21. The molecule has 2 N–H and O–H groups in total. The average Bonchev–Trinajstić information content (AvgIpc) is 2.52. The van der Waals surface area contributed by atoms with Crippen LogP contribution in [0.1, 0.15) is 49.1 Å². The van der Waals surface area contributed by atoms with Gasteiger partial charge < -0.3 is 14.8 Å². The number of hydrogen-bond acceptors (Lipinski definition) is 3. The lowest BCUT2D eigenvalue weighted by molar-refractivity contribution is 0.0900. The van der Waals surface area contributed by atoms with Gasteiger partial charge in [0.05, 0.1) is 11.7 Å². The van der Waals surface area contributed by atoms with Gasteiger partial charge in [0, 0.05) is 6.54 Å². The molecule has 0 bridgehead atoms. The van der Waals surface area contributed by atoms with Crippen LogP contribution in [0.3, 0.4) is 0 Å². The van der Waals surface area contributed by atoms with E-state index < -0.39 is 0 Å². The van der Waals surface area contributed by atoms with Crippen molar-refractivity contribution in [2.24, 2.45) is 5.41 Å². The van der Waals surface area contributed by atoms with Gasteiger partial charge in [-0.05, 0) is 38.7 Å². The second-order valence-corrected chi connectivity index (χ2v) is 5.73. The van der Waals surface area contributed by atoms with Crippen LogP contribution in [0.15, 0.2) is 10.5 Å². The Kier molecular flexibility index (Phi) is 4.57. The Morgan fingerprint density at radius 3 is 2.56 bits per heavy atom. The smallest absolute Gasteiger partial charge is 0.254 e.